The van der Waals surface area contributed by atoms with E-state index in [1.54, 1.807) is 0 Å². The summed E-state index contributed by atoms with van der Waals surface area (Å²) in [7, 11) is 0. The van der Waals surface area contributed by atoms with Gasteiger partial charge in [-0.3, -0.25) is 0 Å². The fourth-order valence-corrected chi connectivity index (χ4v) is 2.52. The Bertz CT molecular complexity index is 303. The van der Waals surface area contributed by atoms with Crippen LogP contribution in [0.2, 0.25) is 0 Å². The van der Waals surface area contributed by atoms with Crippen molar-refractivity contribution in [1.29, 1.82) is 0 Å². The van der Waals surface area contributed by atoms with Gasteiger partial charge in [0.25, 0.3) is 0 Å². The Morgan fingerprint density at radius 1 is 1.06 bits per heavy atom. The first kappa shape index (κ1) is 14.2. The van der Waals surface area contributed by atoms with E-state index in [1.807, 2.05) is 37.3 Å². The van der Waals surface area contributed by atoms with Gasteiger partial charge in [-0.15, -0.1) is 0 Å². The molecule has 0 radical (unpaired) electrons. The largest absolute Gasteiger partial charge is 0.385 e. The highest BCUT2D eigenvalue weighted by Crippen LogP contribution is 2.35. The molecule has 1 aromatic rings. The van der Waals surface area contributed by atoms with Crippen LogP contribution in [0, 0.1) is 5.92 Å². The molecule has 0 aliphatic carbocycles. The maximum atomic E-state index is 10.8. The minimum Gasteiger partial charge on any atom is -0.385 e. The quantitative estimate of drug-likeness (QED) is 0.736. The molecule has 0 fully saturated rings. The Labute approximate surface area is 106 Å². The first-order valence-corrected chi connectivity index (χ1v) is 6.90. The van der Waals surface area contributed by atoms with Crippen molar-refractivity contribution in [3.8, 4) is 0 Å². The first-order valence-electron chi connectivity index (χ1n) is 6.90. The molecular weight excluding hydrogens is 208 g/mol. The second-order valence-corrected chi connectivity index (χ2v) is 5.14. The van der Waals surface area contributed by atoms with Gasteiger partial charge in [-0.25, -0.2) is 0 Å². The van der Waals surface area contributed by atoms with E-state index in [4.69, 9.17) is 0 Å². The SMILES string of the molecule is CCCCC(CCC)C(C)(O)c1ccccc1. The second kappa shape index (κ2) is 6.80. The van der Waals surface area contributed by atoms with E-state index in [1.165, 1.54) is 12.8 Å². The molecule has 0 spiro atoms. The summed E-state index contributed by atoms with van der Waals surface area (Å²) in [4.78, 5) is 0. The Morgan fingerprint density at radius 2 is 1.71 bits per heavy atom. The molecule has 0 aromatic heterocycles. The van der Waals surface area contributed by atoms with Crippen molar-refractivity contribution in [1.82, 2.24) is 0 Å². The monoisotopic (exact) mass is 234 g/mol. The van der Waals surface area contributed by atoms with Gasteiger partial charge in [0.05, 0.1) is 5.60 Å². The van der Waals surface area contributed by atoms with Crippen LogP contribution in [-0.4, -0.2) is 5.11 Å². The molecule has 1 rings (SSSR count). The van der Waals surface area contributed by atoms with Gasteiger partial charge in [-0.1, -0.05) is 63.4 Å². The van der Waals surface area contributed by atoms with E-state index in [9.17, 15) is 5.11 Å². The van der Waals surface area contributed by atoms with Gasteiger partial charge in [0.2, 0.25) is 0 Å². The lowest BCUT2D eigenvalue weighted by atomic mass is 9.77. The van der Waals surface area contributed by atoms with Crippen LogP contribution in [-0.2, 0) is 5.60 Å². The summed E-state index contributed by atoms with van der Waals surface area (Å²) in [6.07, 6.45) is 5.75. The lowest BCUT2D eigenvalue weighted by molar-refractivity contribution is -0.0146. The van der Waals surface area contributed by atoms with E-state index < -0.39 is 5.60 Å². The summed E-state index contributed by atoms with van der Waals surface area (Å²) in [5.74, 6) is 0.370. The maximum Gasteiger partial charge on any atom is 0.0896 e. The van der Waals surface area contributed by atoms with Crippen LogP contribution in [0.5, 0.6) is 0 Å². The number of rotatable bonds is 7. The van der Waals surface area contributed by atoms with Gasteiger partial charge < -0.3 is 5.11 Å². The standard InChI is InChI=1S/C16H26O/c1-4-6-11-14(10-5-2)16(3,17)15-12-8-7-9-13-15/h7-9,12-14,17H,4-6,10-11H2,1-3H3. The van der Waals surface area contributed by atoms with E-state index in [0.29, 0.717) is 5.92 Å². The van der Waals surface area contributed by atoms with Crippen LogP contribution in [0.15, 0.2) is 30.3 Å². The fraction of sp³-hybridized carbons (Fsp3) is 0.625. The molecule has 0 bridgehead atoms. The Morgan fingerprint density at radius 3 is 2.24 bits per heavy atom. The molecule has 0 amide bonds. The van der Waals surface area contributed by atoms with Crippen molar-refractivity contribution < 1.29 is 5.11 Å². The van der Waals surface area contributed by atoms with Crippen molar-refractivity contribution in [3.63, 3.8) is 0 Å². The van der Waals surface area contributed by atoms with Gasteiger partial charge in [0.1, 0.15) is 0 Å². The van der Waals surface area contributed by atoms with Gasteiger partial charge in [0.15, 0.2) is 0 Å². The van der Waals surface area contributed by atoms with Crippen molar-refractivity contribution in [2.45, 2.75) is 58.5 Å². The average Bonchev–Trinajstić information content (AvgIpc) is 2.35. The molecule has 1 nitrogen and oxygen atoms in total. The van der Waals surface area contributed by atoms with Crippen LogP contribution in [0.1, 0.15) is 58.4 Å². The highest BCUT2D eigenvalue weighted by Gasteiger charge is 2.32. The summed E-state index contributed by atoms with van der Waals surface area (Å²) in [5.41, 5.74) is 0.362. The lowest BCUT2D eigenvalue weighted by Gasteiger charge is -2.33. The molecule has 0 heterocycles. The Balaban J connectivity index is 2.83. The molecule has 2 unspecified atom stereocenters. The molecule has 0 saturated carbocycles. The third kappa shape index (κ3) is 3.85. The van der Waals surface area contributed by atoms with Crippen LogP contribution in [0.25, 0.3) is 0 Å². The summed E-state index contributed by atoms with van der Waals surface area (Å²) in [6.45, 7) is 6.37. The van der Waals surface area contributed by atoms with E-state index in [2.05, 4.69) is 13.8 Å². The van der Waals surface area contributed by atoms with Crippen LogP contribution in [0.3, 0.4) is 0 Å². The molecule has 96 valence electrons. The van der Waals surface area contributed by atoms with Gasteiger partial charge in [0, 0.05) is 0 Å². The fourth-order valence-electron chi connectivity index (χ4n) is 2.52. The first-order chi connectivity index (χ1) is 8.12. The number of hydrogen-bond acceptors (Lipinski definition) is 1. The highest BCUT2D eigenvalue weighted by molar-refractivity contribution is 5.22. The predicted molar refractivity (Wildman–Crippen MR) is 73.9 cm³/mol. The normalized spacial score (nSPS) is 16.5. The van der Waals surface area contributed by atoms with E-state index in [0.717, 1.165) is 24.8 Å². The minimum absolute atomic E-state index is 0.370. The number of aliphatic hydroxyl groups is 1. The van der Waals surface area contributed by atoms with E-state index >= 15 is 0 Å². The van der Waals surface area contributed by atoms with Crippen LogP contribution >= 0.6 is 0 Å². The molecule has 2 atom stereocenters. The number of unbranched alkanes of at least 4 members (excludes halogenated alkanes) is 1. The zero-order chi connectivity index (χ0) is 12.7. The van der Waals surface area contributed by atoms with Crippen molar-refractivity contribution in [3.05, 3.63) is 35.9 Å². The van der Waals surface area contributed by atoms with Crippen molar-refractivity contribution in [2.24, 2.45) is 5.92 Å². The smallest absolute Gasteiger partial charge is 0.0896 e. The topological polar surface area (TPSA) is 20.2 Å². The summed E-state index contributed by atoms with van der Waals surface area (Å²) >= 11 is 0. The number of benzene rings is 1. The summed E-state index contributed by atoms with van der Waals surface area (Å²) in [5, 5.41) is 10.8. The van der Waals surface area contributed by atoms with Crippen molar-refractivity contribution >= 4 is 0 Å². The third-order valence-corrected chi connectivity index (χ3v) is 3.70. The molecule has 17 heavy (non-hydrogen) atoms. The molecule has 0 aliphatic rings. The summed E-state index contributed by atoms with van der Waals surface area (Å²) < 4.78 is 0. The predicted octanol–water partition coefficient (Wildman–Crippen LogP) is 4.50. The minimum atomic E-state index is -0.688. The van der Waals surface area contributed by atoms with Gasteiger partial charge in [-0.2, -0.15) is 0 Å². The lowest BCUT2D eigenvalue weighted by Crippen LogP contribution is -2.31. The zero-order valence-corrected chi connectivity index (χ0v) is 11.4. The molecule has 0 aliphatic heterocycles. The second-order valence-electron chi connectivity index (χ2n) is 5.14. The number of hydrogen-bond donors (Lipinski definition) is 1. The third-order valence-electron chi connectivity index (χ3n) is 3.70. The summed E-state index contributed by atoms with van der Waals surface area (Å²) in [6, 6.07) is 10.1. The highest BCUT2D eigenvalue weighted by atomic mass is 16.3. The molecule has 1 aromatic carbocycles. The molecule has 0 saturated heterocycles. The maximum absolute atomic E-state index is 10.8. The molecule has 1 heteroatoms. The van der Waals surface area contributed by atoms with Crippen molar-refractivity contribution in [2.75, 3.05) is 0 Å². The van der Waals surface area contributed by atoms with Crippen LogP contribution in [0.4, 0.5) is 0 Å². The van der Waals surface area contributed by atoms with Gasteiger partial charge >= 0.3 is 0 Å². The molecule has 1 N–H and O–H groups in total. The Kier molecular flexibility index (Phi) is 5.70. The van der Waals surface area contributed by atoms with Crippen LogP contribution < -0.4 is 0 Å². The average molecular weight is 234 g/mol. The zero-order valence-electron chi connectivity index (χ0n) is 11.4. The van der Waals surface area contributed by atoms with Gasteiger partial charge in [-0.05, 0) is 31.2 Å². The Hall–Kier alpha value is -0.820. The molecular formula is C16H26O. The van der Waals surface area contributed by atoms with E-state index in [-0.39, 0.29) is 0 Å².